The van der Waals surface area contributed by atoms with Crippen molar-refractivity contribution < 1.29 is 5.11 Å². The van der Waals surface area contributed by atoms with E-state index in [4.69, 9.17) is 5.73 Å². The summed E-state index contributed by atoms with van der Waals surface area (Å²) in [5, 5.41) is 9.22. The fraction of sp³-hybridized carbons (Fsp3) is 0.400. The Morgan fingerprint density at radius 3 is 2.80 bits per heavy atom. The molecule has 0 aromatic carbocycles. The number of nitrogens with two attached hydrogens (primary N) is 1. The van der Waals surface area contributed by atoms with Gasteiger partial charge in [0, 0.05) is 5.41 Å². The van der Waals surface area contributed by atoms with Crippen LogP contribution in [0.15, 0.2) is 12.1 Å². The van der Waals surface area contributed by atoms with Crippen LogP contribution in [0.1, 0.15) is 19.7 Å². The Labute approximate surface area is 87.4 Å². The predicted octanol–water partition coefficient (Wildman–Crippen LogP) is 0.810. The van der Waals surface area contributed by atoms with Crippen LogP contribution in [0, 0.1) is 0 Å². The Balaban J connectivity index is 2.56. The number of aliphatic hydroxyl groups excluding tert-OH is 1. The van der Waals surface area contributed by atoms with Crippen molar-refractivity contribution in [1.29, 1.82) is 0 Å². The maximum Gasteiger partial charge on any atom is 0.179 e. The van der Waals surface area contributed by atoms with Crippen molar-refractivity contribution in [2.75, 3.05) is 12.3 Å². The molecule has 0 saturated heterocycles. The lowest BCUT2D eigenvalue weighted by atomic mass is 9.94. The third-order valence-corrected chi connectivity index (χ3v) is 2.40. The van der Waals surface area contributed by atoms with Crippen LogP contribution in [-0.2, 0) is 5.41 Å². The van der Waals surface area contributed by atoms with Gasteiger partial charge in [-0.05, 0) is 12.1 Å². The maximum atomic E-state index is 9.22. The molecule has 2 heterocycles. The molecule has 5 heteroatoms. The molecule has 0 radical (unpaired) electrons. The minimum atomic E-state index is -0.393. The average molecular weight is 206 g/mol. The molecule has 0 unspecified atom stereocenters. The molecule has 0 fully saturated rings. The Kier molecular flexibility index (Phi) is 2.12. The van der Waals surface area contributed by atoms with Crippen LogP contribution in [0.2, 0.25) is 0 Å². The molecule has 0 aliphatic heterocycles. The van der Waals surface area contributed by atoms with Gasteiger partial charge >= 0.3 is 0 Å². The summed E-state index contributed by atoms with van der Waals surface area (Å²) < 4.78 is 0. The van der Waals surface area contributed by atoms with Crippen LogP contribution in [0.4, 0.5) is 5.82 Å². The minimum absolute atomic E-state index is 0.0301. The first kappa shape index (κ1) is 9.92. The number of pyridine rings is 1. The number of hydrogen-bond acceptors (Lipinski definition) is 4. The number of nitrogens with one attached hydrogen (secondary N) is 1. The van der Waals surface area contributed by atoms with E-state index in [1.807, 2.05) is 19.9 Å². The highest BCUT2D eigenvalue weighted by Crippen LogP contribution is 2.22. The monoisotopic (exact) mass is 206 g/mol. The summed E-state index contributed by atoms with van der Waals surface area (Å²) in [6.07, 6.45) is 0. The summed E-state index contributed by atoms with van der Waals surface area (Å²) in [4.78, 5) is 11.5. The highest BCUT2D eigenvalue weighted by molar-refractivity contribution is 5.72. The number of nitrogen functional groups attached to an aromatic ring is 1. The standard InChI is InChI=1S/C10H14N4O/c1-10(2,5-15)9-12-6-3-4-7(11)13-8(6)14-9/h3-4,15H,5H2,1-2H3,(H3,11,12,13,14). The largest absolute Gasteiger partial charge is 0.395 e. The summed E-state index contributed by atoms with van der Waals surface area (Å²) in [7, 11) is 0. The molecule has 15 heavy (non-hydrogen) atoms. The van der Waals surface area contributed by atoms with Crippen LogP contribution in [0.5, 0.6) is 0 Å². The second-order valence-electron chi connectivity index (χ2n) is 4.23. The Morgan fingerprint density at radius 2 is 2.13 bits per heavy atom. The van der Waals surface area contributed by atoms with Gasteiger partial charge in [0.25, 0.3) is 0 Å². The van der Waals surface area contributed by atoms with Gasteiger partial charge in [0.05, 0.1) is 12.1 Å². The second kappa shape index (κ2) is 3.20. The van der Waals surface area contributed by atoms with E-state index in [0.717, 1.165) is 11.3 Å². The lowest BCUT2D eigenvalue weighted by Crippen LogP contribution is -2.23. The number of anilines is 1. The molecule has 0 spiro atoms. The van der Waals surface area contributed by atoms with E-state index in [9.17, 15) is 5.11 Å². The fourth-order valence-electron chi connectivity index (χ4n) is 1.30. The molecule has 0 atom stereocenters. The summed E-state index contributed by atoms with van der Waals surface area (Å²) >= 11 is 0. The number of aromatic amines is 1. The van der Waals surface area contributed by atoms with Gasteiger partial charge in [-0.15, -0.1) is 0 Å². The van der Waals surface area contributed by atoms with Crippen LogP contribution < -0.4 is 5.73 Å². The van der Waals surface area contributed by atoms with E-state index in [2.05, 4.69) is 15.0 Å². The van der Waals surface area contributed by atoms with Gasteiger partial charge in [-0.2, -0.15) is 0 Å². The Morgan fingerprint density at radius 1 is 1.40 bits per heavy atom. The fourth-order valence-corrected chi connectivity index (χ4v) is 1.30. The third kappa shape index (κ3) is 1.66. The zero-order chi connectivity index (χ0) is 11.1. The summed E-state index contributed by atoms with van der Waals surface area (Å²) in [5.41, 5.74) is 6.59. The number of fused-ring (bicyclic) bond motifs is 1. The molecule has 2 rings (SSSR count). The topological polar surface area (TPSA) is 87.8 Å². The first-order valence-electron chi connectivity index (χ1n) is 4.76. The first-order valence-corrected chi connectivity index (χ1v) is 4.76. The van der Waals surface area contributed by atoms with Crippen molar-refractivity contribution in [2.45, 2.75) is 19.3 Å². The number of aromatic nitrogens is 3. The molecule has 4 N–H and O–H groups in total. The SMILES string of the molecule is CC(C)(CO)c1nc2nc(N)ccc2[nH]1. The van der Waals surface area contributed by atoms with E-state index in [1.54, 1.807) is 6.07 Å². The molecule has 0 aliphatic carbocycles. The highest BCUT2D eigenvalue weighted by Gasteiger charge is 2.23. The van der Waals surface area contributed by atoms with Gasteiger partial charge in [0.1, 0.15) is 11.6 Å². The van der Waals surface area contributed by atoms with Gasteiger partial charge < -0.3 is 15.8 Å². The number of hydrogen-bond donors (Lipinski definition) is 3. The van der Waals surface area contributed by atoms with E-state index in [0.29, 0.717) is 11.5 Å². The quantitative estimate of drug-likeness (QED) is 0.678. The lowest BCUT2D eigenvalue weighted by molar-refractivity contribution is 0.212. The maximum absolute atomic E-state index is 9.22. The Hall–Kier alpha value is -1.62. The van der Waals surface area contributed by atoms with Gasteiger partial charge in [-0.25, -0.2) is 9.97 Å². The molecule has 2 aromatic heterocycles. The third-order valence-electron chi connectivity index (χ3n) is 2.40. The molecular weight excluding hydrogens is 192 g/mol. The van der Waals surface area contributed by atoms with E-state index < -0.39 is 5.41 Å². The minimum Gasteiger partial charge on any atom is -0.395 e. The van der Waals surface area contributed by atoms with Gasteiger partial charge in [-0.1, -0.05) is 13.8 Å². The normalized spacial score (nSPS) is 12.2. The van der Waals surface area contributed by atoms with Crippen LogP contribution in [-0.4, -0.2) is 26.7 Å². The number of H-pyrrole nitrogens is 1. The summed E-state index contributed by atoms with van der Waals surface area (Å²) in [6.45, 7) is 3.85. The number of imidazole rings is 1. The number of aliphatic hydroxyl groups is 1. The van der Waals surface area contributed by atoms with Crippen molar-refractivity contribution in [3.63, 3.8) is 0 Å². The molecule has 5 nitrogen and oxygen atoms in total. The van der Waals surface area contributed by atoms with Crippen molar-refractivity contribution in [3.8, 4) is 0 Å². The zero-order valence-corrected chi connectivity index (χ0v) is 8.78. The predicted molar refractivity (Wildman–Crippen MR) is 58.4 cm³/mol. The summed E-state index contributed by atoms with van der Waals surface area (Å²) in [5.74, 6) is 1.17. The molecule has 0 aliphatic rings. The lowest BCUT2D eigenvalue weighted by Gasteiger charge is -2.17. The van der Waals surface area contributed by atoms with Gasteiger partial charge in [-0.3, -0.25) is 0 Å². The first-order chi connectivity index (χ1) is 7.03. The van der Waals surface area contributed by atoms with Crippen molar-refractivity contribution in [1.82, 2.24) is 15.0 Å². The van der Waals surface area contributed by atoms with E-state index in [-0.39, 0.29) is 6.61 Å². The molecule has 80 valence electrons. The number of nitrogens with zero attached hydrogens (tertiary/aromatic N) is 2. The van der Waals surface area contributed by atoms with Crippen molar-refractivity contribution >= 4 is 17.0 Å². The van der Waals surface area contributed by atoms with Crippen molar-refractivity contribution in [3.05, 3.63) is 18.0 Å². The molecule has 0 bridgehead atoms. The van der Waals surface area contributed by atoms with E-state index >= 15 is 0 Å². The average Bonchev–Trinajstić information content (AvgIpc) is 2.61. The van der Waals surface area contributed by atoms with Crippen LogP contribution in [0.3, 0.4) is 0 Å². The van der Waals surface area contributed by atoms with Crippen molar-refractivity contribution in [2.24, 2.45) is 0 Å². The highest BCUT2D eigenvalue weighted by atomic mass is 16.3. The summed E-state index contributed by atoms with van der Waals surface area (Å²) in [6, 6.07) is 3.55. The molecule has 0 amide bonds. The molecule has 2 aromatic rings. The van der Waals surface area contributed by atoms with Gasteiger partial charge in [0.15, 0.2) is 5.65 Å². The number of rotatable bonds is 2. The molecule has 0 saturated carbocycles. The zero-order valence-electron chi connectivity index (χ0n) is 8.78. The molecular formula is C10H14N4O. The van der Waals surface area contributed by atoms with Gasteiger partial charge in [0.2, 0.25) is 0 Å². The van der Waals surface area contributed by atoms with Crippen LogP contribution in [0.25, 0.3) is 11.2 Å². The van der Waals surface area contributed by atoms with E-state index in [1.165, 1.54) is 0 Å². The smallest absolute Gasteiger partial charge is 0.179 e. The Bertz CT molecular complexity index is 489. The second-order valence-corrected chi connectivity index (χ2v) is 4.23. The van der Waals surface area contributed by atoms with Crippen LogP contribution >= 0.6 is 0 Å².